The molecule has 0 aliphatic heterocycles. The van der Waals surface area contributed by atoms with Gasteiger partial charge in [0.2, 0.25) is 5.78 Å². The second-order valence-electron chi connectivity index (χ2n) is 4.36. The summed E-state index contributed by atoms with van der Waals surface area (Å²) in [6, 6.07) is 9.94. The van der Waals surface area contributed by atoms with Crippen LogP contribution >= 0.6 is 0 Å². The molecule has 0 heterocycles. The summed E-state index contributed by atoms with van der Waals surface area (Å²) in [5.41, 5.74) is 1.13. The lowest BCUT2D eigenvalue weighted by Crippen LogP contribution is -2.07. The Bertz CT molecular complexity index is 428. The van der Waals surface area contributed by atoms with Crippen LogP contribution in [0.2, 0.25) is 0 Å². The molecule has 0 bridgehead atoms. The summed E-state index contributed by atoms with van der Waals surface area (Å²) in [6.45, 7) is 2.53. The molecule has 1 aromatic rings. The second-order valence-corrected chi connectivity index (χ2v) is 4.36. The zero-order valence-electron chi connectivity index (χ0n) is 11.3. The Morgan fingerprint density at radius 3 is 2.79 bits per heavy atom. The van der Waals surface area contributed by atoms with Crippen LogP contribution < -0.4 is 0 Å². The fourth-order valence-corrected chi connectivity index (χ4v) is 1.47. The predicted molar refractivity (Wildman–Crippen MR) is 74.4 cm³/mol. The van der Waals surface area contributed by atoms with Gasteiger partial charge in [0.15, 0.2) is 0 Å². The SMILES string of the molecule is CC(CC#CC(=O)CCCO)OCc1ccccc1. The summed E-state index contributed by atoms with van der Waals surface area (Å²) >= 11 is 0. The van der Waals surface area contributed by atoms with Crippen LogP contribution in [0, 0.1) is 11.8 Å². The number of aliphatic hydroxyl groups is 1. The third kappa shape index (κ3) is 7.40. The Kier molecular flexibility index (Phi) is 7.57. The van der Waals surface area contributed by atoms with E-state index in [1.54, 1.807) is 0 Å². The second kappa shape index (κ2) is 9.32. The van der Waals surface area contributed by atoms with Crippen molar-refractivity contribution < 1.29 is 14.6 Å². The van der Waals surface area contributed by atoms with Crippen molar-refractivity contribution in [2.75, 3.05) is 6.61 Å². The van der Waals surface area contributed by atoms with Crippen LogP contribution in [-0.2, 0) is 16.1 Å². The molecule has 1 N–H and O–H groups in total. The molecule has 1 aromatic carbocycles. The van der Waals surface area contributed by atoms with E-state index in [1.165, 1.54) is 0 Å². The summed E-state index contributed by atoms with van der Waals surface area (Å²) in [4.78, 5) is 11.2. The first kappa shape index (κ1) is 15.4. The smallest absolute Gasteiger partial charge is 0.205 e. The van der Waals surface area contributed by atoms with Crippen molar-refractivity contribution in [3.8, 4) is 11.8 Å². The number of Topliss-reactive ketones (excluding diaryl/α,β-unsaturated/α-hetero) is 1. The molecule has 0 aliphatic carbocycles. The average Bonchev–Trinajstić information content (AvgIpc) is 2.44. The number of carbonyl (C=O) groups is 1. The summed E-state index contributed by atoms with van der Waals surface area (Å²) in [5.74, 6) is 5.27. The van der Waals surface area contributed by atoms with E-state index >= 15 is 0 Å². The van der Waals surface area contributed by atoms with Gasteiger partial charge in [-0.1, -0.05) is 36.3 Å². The molecule has 0 fully saturated rings. The summed E-state index contributed by atoms with van der Waals surface area (Å²) in [5, 5.41) is 8.59. The number of ether oxygens (including phenoxy) is 1. The normalized spacial score (nSPS) is 11.5. The van der Waals surface area contributed by atoms with Crippen LogP contribution in [0.25, 0.3) is 0 Å². The highest BCUT2D eigenvalue weighted by Gasteiger charge is 2.01. The molecule has 0 saturated heterocycles. The first-order valence-corrected chi connectivity index (χ1v) is 6.50. The maximum atomic E-state index is 11.2. The van der Waals surface area contributed by atoms with E-state index < -0.39 is 0 Å². The molecule has 0 saturated carbocycles. The predicted octanol–water partition coefficient (Wildman–Crippen LogP) is 2.33. The number of ketones is 1. The zero-order valence-corrected chi connectivity index (χ0v) is 11.3. The summed E-state index contributed by atoms with van der Waals surface area (Å²) in [7, 11) is 0. The Morgan fingerprint density at radius 1 is 1.37 bits per heavy atom. The van der Waals surface area contributed by atoms with Crippen molar-refractivity contribution in [2.45, 2.75) is 38.9 Å². The molecule has 0 spiro atoms. The van der Waals surface area contributed by atoms with Gasteiger partial charge in [-0.05, 0) is 24.8 Å². The summed E-state index contributed by atoms with van der Waals surface area (Å²) < 4.78 is 5.64. The van der Waals surface area contributed by atoms with Crippen LogP contribution in [-0.4, -0.2) is 23.6 Å². The third-order valence-electron chi connectivity index (χ3n) is 2.56. The first-order chi connectivity index (χ1) is 9.22. The monoisotopic (exact) mass is 260 g/mol. The highest BCUT2D eigenvalue weighted by atomic mass is 16.5. The van der Waals surface area contributed by atoms with Gasteiger partial charge < -0.3 is 9.84 Å². The topological polar surface area (TPSA) is 46.5 Å². The van der Waals surface area contributed by atoms with Gasteiger partial charge >= 0.3 is 0 Å². The minimum Gasteiger partial charge on any atom is -0.396 e. The fourth-order valence-electron chi connectivity index (χ4n) is 1.47. The first-order valence-electron chi connectivity index (χ1n) is 6.50. The number of carbonyl (C=O) groups excluding carboxylic acids is 1. The standard InChI is InChI=1S/C16H20O3/c1-14(7-5-10-16(18)11-6-12-17)19-13-15-8-3-2-4-9-15/h2-4,8-9,14,17H,6-7,11-13H2,1H3. The molecular formula is C16H20O3. The maximum Gasteiger partial charge on any atom is 0.205 e. The molecule has 0 aromatic heterocycles. The van der Waals surface area contributed by atoms with Crippen LogP contribution in [0.4, 0.5) is 0 Å². The van der Waals surface area contributed by atoms with Gasteiger partial charge in [0, 0.05) is 19.4 Å². The molecule has 0 aliphatic rings. The van der Waals surface area contributed by atoms with Gasteiger partial charge in [0.25, 0.3) is 0 Å². The molecule has 1 rings (SSSR count). The quantitative estimate of drug-likeness (QED) is 0.604. The largest absolute Gasteiger partial charge is 0.396 e. The molecule has 1 unspecified atom stereocenters. The van der Waals surface area contributed by atoms with E-state index in [4.69, 9.17) is 9.84 Å². The fraction of sp³-hybridized carbons (Fsp3) is 0.438. The van der Waals surface area contributed by atoms with Crippen molar-refractivity contribution in [3.05, 3.63) is 35.9 Å². The number of hydrogen-bond donors (Lipinski definition) is 1. The Balaban J connectivity index is 2.23. The van der Waals surface area contributed by atoms with Crippen LogP contribution in [0.5, 0.6) is 0 Å². The van der Waals surface area contributed by atoms with E-state index in [2.05, 4.69) is 11.8 Å². The number of aliphatic hydroxyl groups excluding tert-OH is 1. The third-order valence-corrected chi connectivity index (χ3v) is 2.56. The lowest BCUT2D eigenvalue weighted by atomic mass is 10.2. The maximum absolute atomic E-state index is 11.2. The molecule has 3 heteroatoms. The molecular weight excluding hydrogens is 240 g/mol. The van der Waals surface area contributed by atoms with Gasteiger partial charge in [0.05, 0.1) is 12.7 Å². The lowest BCUT2D eigenvalue weighted by Gasteiger charge is -2.09. The van der Waals surface area contributed by atoms with Crippen molar-refractivity contribution in [3.63, 3.8) is 0 Å². The average molecular weight is 260 g/mol. The Morgan fingerprint density at radius 2 is 2.11 bits per heavy atom. The number of rotatable bonds is 7. The molecule has 3 nitrogen and oxygen atoms in total. The summed E-state index contributed by atoms with van der Waals surface area (Å²) in [6.07, 6.45) is 1.34. The molecule has 102 valence electrons. The number of hydrogen-bond acceptors (Lipinski definition) is 3. The van der Waals surface area contributed by atoms with Crippen LogP contribution in [0.3, 0.4) is 0 Å². The highest BCUT2D eigenvalue weighted by molar-refractivity contribution is 5.95. The van der Waals surface area contributed by atoms with E-state index in [1.807, 2.05) is 37.3 Å². The van der Waals surface area contributed by atoms with E-state index in [0.29, 0.717) is 25.9 Å². The molecule has 1 atom stereocenters. The van der Waals surface area contributed by atoms with Gasteiger partial charge in [-0.15, -0.1) is 0 Å². The van der Waals surface area contributed by atoms with Crippen LogP contribution in [0.15, 0.2) is 30.3 Å². The van der Waals surface area contributed by atoms with E-state index in [9.17, 15) is 4.79 Å². The minimum atomic E-state index is -0.121. The van der Waals surface area contributed by atoms with Crippen molar-refractivity contribution >= 4 is 5.78 Å². The lowest BCUT2D eigenvalue weighted by molar-refractivity contribution is -0.114. The highest BCUT2D eigenvalue weighted by Crippen LogP contribution is 2.04. The Hall–Kier alpha value is -1.63. The molecule has 0 amide bonds. The minimum absolute atomic E-state index is 0.00153. The van der Waals surface area contributed by atoms with Crippen molar-refractivity contribution in [1.29, 1.82) is 0 Å². The zero-order chi connectivity index (χ0) is 13.9. The van der Waals surface area contributed by atoms with Gasteiger partial charge in [-0.2, -0.15) is 0 Å². The van der Waals surface area contributed by atoms with Crippen LogP contribution in [0.1, 0.15) is 31.7 Å². The van der Waals surface area contributed by atoms with E-state index in [-0.39, 0.29) is 18.5 Å². The van der Waals surface area contributed by atoms with Gasteiger partial charge in [-0.3, -0.25) is 4.79 Å². The van der Waals surface area contributed by atoms with E-state index in [0.717, 1.165) is 5.56 Å². The molecule has 19 heavy (non-hydrogen) atoms. The van der Waals surface area contributed by atoms with Crippen molar-refractivity contribution in [1.82, 2.24) is 0 Å². The van der Waals surface area contributed by atoms with Gasteiger partial charge in [0.1, 0.15) is 0 Å². The number of benzene rings is 1. The van der Waals surface area contributed by atoms with Gasteiger partial charge in [-0.25, -0.2) is 0 Å². The van der Waals surface area contributed by atoms with Crippen molar-refractivity contribution in [2.24, 2.45) is 0 Å². The Labute approximate surface area is 114 Å². The molecule has 0 radical (unpaired) electrons.